The van der Waals surface area contributed by atoms with Crippen LogP contribution in [0.5, 0.6) is 0 Å². The Morgan fingerprint density at radius 3 is 2.64 bits per heavy atom. The predicted molar refractivity (Wildman–Crippen MR) is 161 cm³/mol. The van der Waals surface area contributed by atoms with Gasteiger partial charge in [0.25, 0.3) is 5.56 Å². The van der Waals surface area contributed by atoms with E-state index in [1.807, 2.05) is 0 Å². The van der Waals surface area contributed by atoms with E-state index in [9.17, 15) is 4.79 Å². The van der Waals surface area contributed by atoms with Crippen LogP contribution in [0.1, 0.15) is 37.3 Å². The molecule has 1 fully saturated rings. The standard InChI is InChI=1S/C28H36Cl2N8O/c29-21-8-9-26(38(33)18-27(30)32)23(16-21)24-17-28(39)37(19-35-24)25(7-2-1-3-10-31)20-5-4-6-22(15-20)36-13-11-34-12-14-36/h4-6,8-9,15-19,25,34H,1-3,7,10-14,31-33H2/b27-18-. The third-order valence-corrected chi connectivity index (χ3v) is 7.20. The number of aromatic nitrogens is 2. The molecule has 208 valence electrons. The summed E-state index contributed by atoms with van der Waals surface area (Å²) in [6.45, 7) is 4.47. The molecule has 2 heterocycles. The number of halogens is 2. The average molecular weight is 572 g/mol. The molecule has 39 heavy (non-hydrogen) atoms. The number of nitrogens with two attached hydrogens (primary N) is 3. The number of unbranched alkanes of at least 4 members (excludes halogenated alkanes) is 2. The molecule has 0 bridgehead atoms. The summed E-state index contributed by atoms with van der Waals surface area (Å²) in [5.41, 5.74) is 15.0. The van der Waals surface area contributed by atoms with Crippen molar-refractivity contribution in [2.24, 2.45) is 17.3 Å². The zero-order chi connectivity index (χ0) is 27.8. The highest BCUT2D eigenvalue weighted by atomic mass is 35.5. The number of anilines is 2. The van der Waals surface area contributed by atoms with E-state index in [1.54, 1.807) is 29.1 Å². The molecular formula is C28H36Cl2N8O. The molecule has 0 aliphatic carbocycles. The van der Waals surface area contributed by atoms with Crippen molar-refractivity contribution < 1.29 is 0 Å². The topological polar surface area (TPSA) is 131 Å². The third kappa shape index (κ3) is 7.52. The Kier molecular flexibility index (Phi) is 10.2. The number of hydrogen-bond donors (Lipinski definition) is 4. The highest BCUT2D eigenvalue weighted by molar-refractivity contribution is 6.31. The van der Waals surface area contributed by atoms with Crippen LogP contribution in [-0.4, -0.2) is 42.3 Å². The van der Waals surface area contributed by atoms with Crippen LogP contribution in [0.15, 0.2) is 71.0 Å². The maximum Gasteiger partial charge on any atom is 0.254 e. The number of rotatable bonds is 11. The van der Waals surface area contributed by atoms with Gasteiger partial charge in [0.05, 0.1) is 30.0 Å². The molecule has 1 aliphatic rings. The quantitative estimate of drug-likeness (QED) is 0.118. The lowest BCUT2D eigenvalue weighted by Crippen LogP contribution is -2.43. The second-order valence-electron chi connectivity index (χ2n) is 9.59. The third-order valence-electron chi connectivity index (χ3n) is 6.87. The van der Waals surface area contributed by atoms with Crippen LogP contribution < -0.4 is 38.1 Å². The fraction of sp³-hybridized carbons (Fsp3) is 0.357. The van der Waals surface area contributed by atoms with Gasteiger partial charge in [-0.05, 0) is 55.3 Å². The Bertz CT molecular complexity index is 1340. The summed E-state index contributed by atoms with van der Waals surface area (Å²) in [5.74, 6) is 6.15. The Labute approximate surface area is 239 Å². The van der Waals surface area contributed by atoms with Crippen molar-refractivity contribution in [2.45, 2.75) is 31.7 Å². The van der Waals surface area contributed by atoms with Crippen LogP contribution in [-0.2, 0) is 0 Å². The van der Waals surface area contributed by atoms with Gasteiger partial charge in [-0.3, -0.25) is 14.4 Å². The molecule has 1 aliphatic heterocycles. The van der Waals surface area contributed by atoms with E-state index in [0.29, 0.717) is 28.5 Å². The van der Waals surface area contributed by atoms with Gasteiger partial charge >= 0.3 is 0 Å². The first kappa shape index (κ1) is 28.9. The SMILES string of the molecule is NCCCCCC(c1cccc(N2CCNCC2)c1)n1cnc(-c2cc(Cl)ccc2N(N)/C=C(\N)Cl)cc1=O. The summed E-state index contributed by atoms with van der Waals surface area (Å²) < 4.78 is 1.71. The van der Waals surface area contributed by atoms with Crippen LogP contribution >= 0.6 is 23.2 Å². The van der Waals surface area contributed by atoms with E-state index in [-0.39, 0.29) is 16.8 Å². The van der Waals surface area contributed by atoms with E-state index in [2.05, 4.69) is 39.5 Å². The zero-order valence-corrected chi connectivity index (χ0v) is 23.4. The average Bonchev–Trinajstić information content (AvgIpc) is 2.93. The highest BCUT2D eigenvalue weighted by Gasteiger charge is 2.20. The van der Waals surface area contributed by atoms with Crippen molar-refractivity contribution >= 4 is 34.6 Å². The van der Waals surface area contributed by atoms with E-state index in [0.717, 1.165) is 63.1 Å². The van der Waals surface area contributed by atoms with E-state index >= 15 is 0 Å². The molecule has 11 heteroatoms. The molecule has 0 radical (unpaired) electrons. The molecule has 1 saturated heterocycles. The summed E-state index contributed by atoms with van der Waals surface area (Å²) in [5, 5.41) is 5.18. The smallest absolute Gasteiger partial charge is 0.254 e. The number of benzene rings is 2. The maximum absolute atomic E-state index is 13.6. The normalized spacial score (nSPS) is 14.9. The summed E-state index contributed by atoms with van der Waals surface area (Å²) in [6, 6.07) is 15.0. The lowest BCUT2D eigenvalue weighted by Gasteiger charge is -2.30. The number of nitrogens with zero attached hydrogens (tertiary/aromatic N) is 4. The van der Waals surface area contributed by atoms with E-state index in [4.69, 9.17) is 40.5 Å². The van der Waals surface area contributed by atoms with Crippen LogP contribution in [0.3, 0.4) is 0 Å². The fourth-order valence-electron chi connectivity index (χ4n) is 4.91. The molecule has 2 aromatic carbocycles. The maximum atomic E-state index is 13.6. The van der Waals surface area contributed by atoms with Crippen LogP contribution in [0.25, 0.3) is 11.3 Å². The number of nitrogens with one attached hydrogen (secondary N) is 1. The van der Waals surface area contributed by atoms with E-state index < -0.39 is 0 Å². The molecule has 9 nitrogen and oxygen atoms in total. The van der Waals surface area contributed by atoms with Crippen molar-refractivity contribution in [3.63, 3.8) is 0 Å². The molecule has 1 unspecified atom stereocenters. The van der Waals surface area contributed by atoms with Gasteiger partial charge in [0.2, 0.25) is 0 Å². The minimum absolute atomic E-state index is 0.0160. The number of hydrogen-bond acceptors (Lipinski definition) is 8. The molecule has 4 rings (SSSR count). The van der Waals surface area contributed by atoms with Gasteiger partial charge in [0.1, 0.15) is 5.16 Å². The molecular weight excluding hydrogens is 535 g/mol. The molecule has 0 saturated carbocycles. The summed E-state index contributed by atoms with van der Waals surface area (Å²) >= 11 is 12.1. The lowest BCUT2D eigenvalue weighted by molar-refractivity contribution is 0.485. The number of piperazine rings is 1. The van der Waals surface area contributed by atoms with Crippen LogP contribution in [0.2, 0.25) is 5.02 Å². The Morgan fingerprint density at radius 2 is 1.92 bits per heavy atom. The molecule has 1 aromatic heterocycles. The monoisotopic (exact) mass is 570 g/mol. The molecule has 7 N–H and O–H groups in total. The van der Waals surface area contributed by atoms with E-state index in [1.165, 1.54) is 17.3 Å². The summed E-state index contributed by atoms with van der Waals surface area (Å²) in [7, 11) is 0. The minimum atomic E-state index is -0.168. The largest absolute Gasteiger partial charge is 0.388 e. The first-order valence-electron chi connectivity index (χ1n) is 13.2. The second kappa shape index (κ2) is 13.8. The van der Waals surface area contributed by atoms with Crippen molar-refractivity contribution in [1.82, 2.24) is 14.9 Å². The summed E-state index contributed by atoms with van der Waals surface area (Å²) in [4.78, 5) is 20.6. The van der Waals surface area contributed by atoms with Crippen molar-refractivity contribution in [1.29, 1.82) is 0 Å². The van der Waals surface area contributed by atoms with Gasteiger partial charge in [-0.2, -0.15) is 0 Å². The fourth-order valence-corrected chi connectivity index (χ4v) is 5.19. The molecule has 0 spiro atoms. The Morgan fingerprint density at radius 1 is 1.13 bits per heavy atom. The summed E-state index contributed by atoms with van der Waals surface area (Å²) in [6.07, 6.45) is 6.68. The van der Waals surface area contributed by atoms with Crippen molar-refractivity contribution in [3.05, 3.63) is 87.2 Å². The van der Waals surface area contributed by atoms with Crippen molar-refractivity contribution in [2.75, 3.05) is 42.6 Å². The molecule has 3 aromatic rings. The second-order valence-corrected chi connectivity index (χ2v) is 10.5. The first-order valence-corrected chi connectivity index (χ1v) is 13.9. The minimum Gasteiger partial charge on any atom is -0.388 e. The van der Waals surface area contributed by atoms with Crippen LogP contribution in [0, 0.1) is 0 Å². The number of hydrazine groups is 1. The predicted octanol–water partition coefficient (Wildman–Crippen LogP) is 3.76. The van der Waals surface area contributed by atoms with Crippen molar-refractivity contribution in [3.8, 4) is 11.3 Å². The molecule has 0 amide bonds. The lowest BCUT2D eigenvalue weighted by atomic mass is 9.99. The van der Waals surface area contributed by atoms with Gasteiger partial charge in [0, 0.05) is 48.5 Å². The van der Waals surface area contributed by atoms with Gasteiger partial charge in [-0.15, -0.1) is 0 Å². The Balaban J connectivity index is 1.70. The van der Waals surface area contributed by atoms with Gasteiger partial charge < -0.3 is 21.7 Å². The van der Waals surface area contributed by atoms with Gasteiger partial charge in [0.15, 0.2) is 0 Å². The highest BCUT2D eigenvalue weighted by Crippen LogP contribution is 2.32. The van der Waals surface area contributed by atoms with Crippen LogP contribution in [0.4, 0.5) is 11.4 Å². The molecule has 1 atom stereocenters. The zero-order valence-electron chi connectivity index (χ0n) is 21.9. The van der Waals surface area contributed by atoms with Gasteiger partial charge in [-0.25, -0.2) is 10.8 Å². The first-order chi connectivity index (χ1) is 18.9. The Hall–Kier alpha value is -3.08. The van der Waals surface area contributed by atoms with Gasteiger partial charge in [-0.1, -0.05) is 48.2 Å².